The van der Waals surface area contributed by atoms with Crippen LogP contribution >= 0.6 is 0 Å². The zero-order valence-electron chi connectivity index (χ0n) is 23.2. The first-order chi connectivity index (χ1) is 19.5. The minimum Gasteiger partial charge on any atom is -0.493 e. The molecule has 0 bridgehead atoms. The number of ether oxygens (including phenoxy) is 3. The Morgan fingerprint density at radius 2 is 1.65 bits per heavy atom. The van der Waals surface area contributed by atoms with Crippen LogP contribution in [0, 0.1) is 0 Å². The van der Waals surface area contributed by atoms with Crippen LogP contribution in [0.2, 0.25) is 0 Å². The summed E-state index contributed by atoms with van der Waals surface area (Å²) in [4.78, 5) is 27.5. The third-order valence-corrected chi connectivity index (χ3v) is 7.61. The first-order valence-corrected chi connectivity index (χ1v) is 13.8. The van der Waals surface area contributed by atoms with Gasteiger partial charge >= 0.3 is 5.97 Å². The molecule has 0 radical (unpaired) electrons. The number of hydrogen-bond donors (Lipinski definition) is 1. The average molecular weight is 538 g/mol. The van der Waals surface area contributed by atoms with Gasteiger partial charge in [0, 0.05) is 35.7 Å². The molecule has 1 heterocycles. The second kappa shape index (κ2) is 12.2. The Morgan fingerprint density at radius 1 is 0.925 bits per heavy atom. The molecule has 0 unspecified atom stereocenters. The number of carbonyl (C=O) groups is 2. The molecule has 1 N–H and O–H groups in total. The number of dihydropyridines is 1. The van der Waals surface area contributed by atoms with Crippen LogP contribution in [0.15, 0.2) is 101 Å². The molecule has 0 spiro atoms. The number of Topliss-reactive ketones (excluding diaryl/α,β-unsaturated/α-hetero) is 1. The van der Waals surface area contributed by atoms with E-state index in [0.29, 0.717) is 54.2 Å². The van der Waals surface area contributed by atoms with E-state index in [1.54, 1.807) is 7.11 Å². The van der Waals surface area contributed by atoms with Crippen molar-refractivity contribution < 1.29 is 23.8 Å². The van der Waals surface area contributed by atoms with Gasteiger partial charge in [-0.1, -0.05) is 66.7 Å². The maximum atomic E-state index is 13.9. The van der Waals surface area contributed by atoms with Crippen LogP contribution < -0.4 is 14.8 Å². The van der Waals surface area contributed by atoms with E-state index in [1.165, 1.54) is 0 Å². The largest absolute Gasteiger partial charge is 0.493 e. The lowest BCUT2D eigenvalue weighted by Crippen LogP contribution is -2.36. The monoisotopic (exact) mass is 537 g/mol. The van der Waals surface area contributed by atoms with E-state index in [1.807, 2.05) is 80.6 Å². The van der Waals surface area contributed by atoms with Gasteiger partial charge in [0.05, 0.1) is 25.9 Å². The molecule has 0 saturated carbocycles. The molecule has 40 heavy (non-hydrogen) atoms. The minimum absolute atomic E-state index is 0.0301. The number of benzene rings is 3. The van der Waals surface area contributed by atoms with Crippen LogP contribution in [0.25, 0.3) is 0 Å². The molecule has 206 valence electrons. The van der Waals surface area contributed by atoms with E-state index in [9.17, 15) is 9.59 Å². The predicted octanol–water partition coefficient (Wildman–Crippen LogP) is 6.24. The Bertz CT molecular complexity index is 1440. The zero-order chi connectivity index (χ0) is 28.1. The summed E-state index contributed by atoms with van der Waals surface area (Å²) in [5.74, 6) is 0.270. The third-order valence-electron chi connectivity index (χ3n) is 7.61. The molecule has 0 amide bonds. The van der Waals surface area contributed by atoms with Crippen molar-refractivity contribution in [3.05, 3.63) is 118 Å². The third kappa shape index (κ3) is 5.67. The Morgan fingerprint density at radius 3 is 2.35 bits per heavy atom. The fourth-order valence-electron chi connectivity index (χ4n) is 5.73. The van der Waals surface area contributed by atoms with Crippen LogP contribution in [0.3, 0.4) is 0 Å². The van der Waals surface area contributed by atoms with E-state index in [-0.39, 0.29) is 18.3 Å². The SMILES string of the molecule is CCOc1ccc([C@@H]2C(C(=O)OCCc3ccccc3)=C(C)NC3=C2C(=O)C[C@@H](c2ccccc2)C3)cc1OC. The summed E-state index contributed by atoms with van der Waals surface area (Å²) >= 11 is 0. The minimum atomic E-state index is -0.575. The first-order valence-electron chi connectivity index (χ1n) is 13.8. The lowest BCUT2D eigenvalue weighted by Gasteiger charge is -2.37. The normalized spacial score (nSPS) is 18.6. The summed E-state index contributed by atoms with van der Waals surface area (Å²) in [6.07, 6.45) is 1.67. The standard InChI is InChI=1S/C34H35NO5/c1-4-39-29-16-15-25(21-30(29)38-3)32-31(34(37)40-18-17-23-11-7-5-8-12-23)22(2)35-27-19-26(20-28(36)33(27)32)24-13-9-6-10-14-24/h5-16,21,26,32,35H,4,17-20H2,1-3H3/t26-,32+/m0/s1. The molecular formula is C34H35NO5. The van der Waals surface area contributed by atoms with Crippen molar-refractivity contribution in [2.24, 2.45) is 0 Å². The summed E-state index contributed by atoms with van der Waals surface area (Å²) in [7, 11) is 1.59. The number of hydrogen-bond acceptors (Lipinski definition) is 6. The molecule has 3 aromatic rings. The van der Waals surface area contributed by atoms with Gasteiger partial charge in [0.2, 0.25) is 0 Å². The lowest BCUT2D eigenvalue weighted by atomic mass is 9.71. The molecule has 1 aliphatic carbocycles. The number of nitrogens with one attached hydrogen (secondary N) is 1. The van der Waals surface area contributed by atoms with Gasteiger partial charge in [-0.05, 0) is 55.0 Å². The molecule has 0 saturated heterocycles. The maximum absolute atomic E-state index is 13.9. The van der Waals surface area contributed by atoms with Crippen LogP contribution in [-0.2, 0) is 20.7 Å². The molecule has 6 nitrogen and oxygen atoms in total. The predicted molar refractivity (Wildman–Crippen MR) is 154 cm³/mol. The van der Waals surface area contributed by atoms with Gasteiger partial charge < -0.3 is 19.5 Å². The fraction of sp³-hybridized carbons (Fsp3) is 0.294. The molecule has 0 fully saturated rings. The highest BCUT2D eigenvalue weighted by Crippen LogP contribution is 2.47. The molecule has 0 aromatic heterocycles. The van der Waals surface area contributed by atoms with E-state index < -0.39 is 11.9 Å². The van der Waals surface area contributed by atoms with Crippen molar-refractivity contribution in [1.82, 2.24) is 5.32 Å². The zero-order valence-corrected chi connectivity index (χ0v) is 23.2. The Hall–Kier alpha value is -4.32. The second-order valence-corrected chi connectivity index (χ2v) is 10.1. The second-order valence-electron chi connectivity index (χ2n) is 10.1. The smallest absolute Gasteiger partial charge is 0.336 e. The van der Waals surface area contributed by atoms with Gasteiger partial charge in [0.15, 0.2) is 17.3 Å². The molecular weight excluding hydrogens is 502 g/mol. The van der Waals surface area contributed by atoms with Gasteiger partial charge in [-0.2, -0.15) is 0 Å². The van der Waals surface area contributed by atoms with Gasteiger partial charge in [-0.3, -0.25) is 4.79 Å². The molecule has 1 aliphatic heterocycles. The van der Waals surface area contributed by atoms with E-state index in [0.717, 1.165) is 22.4 Å². The number of allylic oxidation sites excluding steroid dienone is 3. The summed E-state index contributed by atoms with van der Waals surface area (Å²) in [5.41, 5.74) is 5.65. The van der Waals surface area contributed by atoms with Crippen LogP contribution in [0.1, 0.15) is 55.2 Å². The highest BCUT2D eigenvalue weighted by atomic mass is 16.5. The molecule has 2 aliphatic rings. The molecule has 5 rings (SSSR count). The van der Waals surface area contributed by atoms with Gasteiger partial charge in [-0.15, -0.1) is 0 Å². The Kier molecular flexibility index (Phi) is 8.34. The van der Waals surface area contributed by atoms with Gasteiger partial charge in [0.1, 0.15) is 0 Å². The highest BCUT2D eigenvalue weighted by molar-refractivity contribution is 6.04. The summed E-state index contributed by atoms with van der Waals surface area (Å²) in [6.45, 7) is 4.54. The summed E-state index contributed by atoms with van der Waals surface area (Å²) < 4.78 is 17.2. The maximum Gasteiger partial charge on any atom is 0.336 e. The lowest BCUT2D eigenvalue weighted by molar-refractivity contribution is -0.139. The molecule has 2 atom stereocenters. The van der Waals surface area contributed by atoms with Gasteiger partial charge in [0.25, 0.3) is 0 Å². The van der Waals surface area contributed by atoms with Gasteiger partial charge in [-0.25, -0.2) is 4.79 Å². The number of esters is 1. The van der Waals surface area contributed by atoms with Crippen molar-refractivity contribution >= 4 is 11.8 Å². The fourth-order valence-corrected chi connectivity index (χ4v) is 5.73. The van der Waals surface area contributed by atoms with Crippen molar-refractivity contribution in [3.63, 3.8) is 0 Å². The Balaban J connectivity index is 1.51. The molecule has 6 heteroatoms. The quantitative estimate of drug-likeness (QED) is 0.326. The Labute approximate surface area is 235 Å². The summed E-state index contributed by atoms with van der Waals surface area (Å²) in [5, 5.41) is 3.43. The topological polar surface area (TPSA) is 73.9 Å². The van der Waals surface area contributed by atoms with Crippen LogP contribution in [-0.4, -0.2) is 32.1 Å². The number of methoxy groups -OCH3 is 1. The van der Waals surface area contributed by atoms with Crippen molar-refractivity contribution in [2.75, 3.05) is 20.3 Å². The first kappa shape index (κ1) is 27.3. The van der Waals surface area contributed by atoms with Crippen LogP contribution in [0.4, 0.5) is 0 Å². The van der Waals surface area contributed by atoms with Crippen molar-refractivity contribution in [3.8, 4) is 11.5 Å². The number of carbonyl (C=O) groups excluding carboxylic acids is 2. The van der Waals surface area contributed by atoms with E-state index in [2.05, 4.69) is 17.4 Å². The number of rotatable bonds is 9. The molecule has 3 aromatic carbocycles. The van der Waals surface area contributed by atoms with E-state index >= 15 is 0 Å². The van der Waals surface area contributed by atoms with Crippen LogP contribution in [0.5, 0.6) is 11.5 Å². The van der Waals surface area contributed by atoms with Crippen molar-refractivity contribution in [1.29, 1.82) is 0 Å². The highest BCUT2D eigenvalue weighted by Gasteiger charge is 2.41. The average Bonchev–Trinajstić information content (AvgIpc) is 2.97. The summed E-state index contributed by atoms with van der Waals surface area (Å²) in [6, 6.07) is 25.7. The number of ketones is 1. The van der Waals surface area contributed by atoms with E-state index in [4.69, 9.17) is 14.2 Å². The van der Waals surface area contributed by atoms with Crippen molar-refractivity contribution in [2.45, 2.75) is 44.9 Å².